The van der Waals surface area contributed by atoms with Gasteiger partial charge in [-0.2, -0.15) is 0 Å². The molecular formula is C20H12FNO4S. The Morgan fingerprint density at radius 1 is 0.963 bits per heavy atom. The van der Waals surface area contributed by atoms with Crippen molar-refractivity contribution >= 4 is 29.1 Å². The molecular weight excluding hydrogens is 369 g/mol. The fourth-order valence-corrected chi connectivity index (χ4v) is 3.79. The maximum Gasteiger partial charge on any atom is 0.373 e. The number of halogens is 1. The van der Waals surface area contributed by atoms with E-state index in [0.717, 1.165) is 16.0 Å². The highest BCUT2D eigenvalue weighted by Crippen LogP contribution is 2.32. The van der Waals surface area contributed by atoms with E-state index in [1.165, 1.54) is 35.6 Å². The molecule has 0 N–H and O–H groups in total. The van der Waals surface area contributed by atoms with Crippen LogP contribution in [-0.2, 0) is 4.84 Å². The monoisotopic (exact) mass is 381 g/mol. The topological polar surface area (TPSA) is 63.7 Å². The van der Waals surface area contributed by atoms with Crippen LogP contribution in [0, 0.1) is 12.7 Å². The summed E-state index contributed by atoms with van der Waals surface area (Å²) in [5.74, 6) is -2.49. The summed E-state index contributed by atoms with van der Waals surface area (Å²) in [5.41, 5.74) is 1.91. The molecule has 27 heavy (non-hydrogen) atoms. The smallest absolute Gasteiger partial charge is 0.323 e. The third kappa shape index (κ3) is 2.92. The Hall–Kier alpha value is -3.32. The highest BCUT2D eigenvalue weighted by molar-refractivity contribution is 7.14. The molecule has 0 spiro atoms. The van der Waals surface area contributed by atoms with E-state index in [-0.39, 0.29) is 21.8 Å². The average Bonchev–Trinajstić information content (AvgIpc) is 3.17. The number of carbonyl (C=O) groups excluding carboxylic acids is 3. The Balaban J connectivity index is 1.58. The summed E-state index contributed by atoms with van der Waals surface area (Å²) in [6.45, 7) is 1.82. The van der Waals surface area contributed by atoms with Gasteiger partial charge in [-0.05, 0) is 48.4 Å². The molecule has 2 amide bonds. The molecule has 1 aliphatic rings. The summed E-state index contributed by atoms with van der Waals surface area (Å²) in [7, 11) is 0. The van der Waals surface area contributed by atoms with Crippen LogP contribution in [0.15, 0.2) is 54.6 Å². The third-order valence-electron chi connectivity index (χ3n) is 4.21. The quantitative estimate of drug-likeness (QED) is 0.637. The van der Waals surface area contributed by atoms with Crippen molar-refractivity contribution in [3.63, 3.8) is 0 Å². The standard InChI is InChI=1S/C20H12FNO4S/c1-11-16(12-6-8-13(21)9-7-12)10-17(27-11)20(25)26-22-18(23)14-4-2-3-5-15(14)19(22)24/h2-10H,1H3. The van der Waals surface area contributed by atoms with E-state index in [1.807, 2.05) is 6.92 Å². The van der Waals surface area contributed by atoms with Gasteiger partial charge in [-0.1, -0.05) is 29.3 Å². The van der Waals surface area contributed by atoms with Gasteiger partial charge in [0.1, 0.15) is 10.7 Å². The molecule has 0 saturated heterocycles. The number of imide groups is 1. The summed E-state index contributed by atoms with van der Waals surface area (Å²) in [4.78, 5) is 43.2. The lowest BCUT2D eigenvalue weighted by Gasteiger charge is -2.11. The lowest BCUT2D eigenvalue weighted by atomic mass is 10.1. The molecule has 0 saturated carbocycles. The number of rotatable bonds is 3. The van der Waals surface area contributed by atoms with Crippen molar-refractivity contribution in [1.82, 2.24) is 5.06 Å². The number of benzene rings is 2. The van der Waals surface area contributed by atoms with Gasteiger partial charge >= 0.3 is 5.97 Å². The molecule has 0 aliphatic carbocycles. The van der Waals surface area contributed by atoms with Crippen molar-refractivity contribution in [3.05, 3.63) is 81.3 Å². The van der Waals surface area contributed by atoms with Crippen molar-refractivity contribution in [2.75, 3.05) is 0 Å². The van der Waals surface area contributed by atoms with Crippen molar-refractivity contribution in [2.45, 2.75) is 6.92 Å². The minimum absolute atomic E-state index is 0.199. The van der Waals surface area contributed by atoms with Crippen LogP contribution in [0.3, 0.4) is 0 Å². The molecule has 134 valence electrons. The number of fused-ring (bicyclic) bond motifs is 1. The van der Waals surface area contributed by atoms with Gasteiger partial charge in [0, 0.05) is 4.88 Å². The van der Waals surface area contributed by atoms with E-state index in [0.29, 0.717) is 5.06 Å². The SMILES string of the molecule is Cc1sc(C(=O)ON2C(=O)c3ccccc3C2=O)cc1-c1ccc(F)cc1. The van der Waals surface area contributed by atoms with Crippen molar-refractivity contribution in [2.24, 2.45) is 0 Å². The molecule has 2 heterocycles. The fraction of sp³-hybridized carbons (Fsp3) is 0.0500. The second-order valence-corrected chi connectivity index (χ2v) is 7.17. The molecule has 0 bridgehead atoms. The molecule has 0 atom stereocenters. The van der Waals surface area contributed by atoms with E-state index in [1.54, 1.807) is 30.3 Å². The Morgan fingerprint density at radius 3 is 2.15 bits per heavy atom. The van der Waals surface area contributed by atoms with Gasteiger partial charge < -0.3 is 4.84 Å². The first-order valence-corrected chi connectivity index (χ1v) is 8.84. The van der Waals surface area contributed by atoms with E-state index in [4.69, 9.17) is 4.84 Å². The lowest BCUT2D eigenvalue weighted by Crippen LogP contribution is -2.32. The number of aryl methyl sites for hydroxylation is 1. The van der Waals surface area contributed by atoms with E-state index >= 15 is 0 Å². The Labute approximate surface area is 157 Å². The van der Waals surface area contributed by atoms with Crippen LogP contribution in [-0.4, -0.2) is 22.8 Å². The number of amides is 2. The fourth-order valence-electron chi connectivity index (χ4n) is 2.88. The van der Waals surface area contributed by atoms with Crippen LogP contribution in [0.5, 0.6) is 0 Å². The van der Waals surface area contributed by atoms with Crippen molar-refractivity contribution in [1.29, 1.82) is 0 Å². The first-order valence-electron chi connectivity index (χ1n) is 8.02. The molecule has 5 nitrogen and oxygen atoms in total. The predicted octanol–water partition coefficient (Wildman–Crippen LogP) is 4.23. The normalized spacial score (nSPS) is 13.0. The number of nitrogens with zero attached hydrogens (tertiary/aromatic N) is 1. The second-order valence-electron chi connectivity index (χ2n) is 5.92. The third-order valence-corrected chi connectivity index (χ3v) is 5.24. The maximum absolute atomic E-state index is 13.1. The highest BCUT2D eigenvalue weighted by atomic mass is 32.1. The zero-order chi connectivity index (χ0) is 19.1. The maximum atomic E-state index is 13.1. The molecule has 0 fully saturated rings. The first-order chi connectivity index (χ1) is 13.0. The number of thiophene rings is 1. The Morgan fingerprint density at radius 2 is 1.56 bits per heavy atom. The first kappa shape index (κ1) is 17.1. The summed E-state index contributed by atoms with van der Waals surface area (Å²) in [6, 6.07) is 13.8. The zero-order valence-electron chi connectivity index (χ0n) is 14.1. The van der Waals surface area contributed by atoms with Gasteiger partial charge in [0.2, 0.25) is 0 Å². The Kier molecular flexibility index (Phi) is 4.08. The van der Waals surface area contributed by atoms with Gasteiger partial charge in [-0.25, -0.2) is 9.18 Å². The van der Waals surface area contributed by atoms with E-state index in [2.05, 4.69) is 0 Å². The minimum Gasteiger partial charge on any atom is -0.323 e. The summed E-state index contributed by atoms with van der Waals surface area (Å²) in [6.07, 6.45) is 0. The summed E-state index contributed by atoms with van der Waals surface area (Å²) in [5, 5.41) is 0.486. The minimum atomic E-state index is -0.800. The van der Waals surface area contributed by atoms with Crippen LogP contribution >= 0.6 is 11.3 Å². The van der Waals surface area contributed by atoms with E-state index < -0.39 is 17.8 Å². The van der Waals surface area contributed by atoms with Gasteiger partial charge in [0.15, 0.2) is 0 Å². The molecule has 4 rings (SSSR count). The number of hydrogen-bond acceptors (Lipinski definition) is 5. The molecule has 0 unspecified atom stereocenters. The van der Waals surface area contributed by atoms with Crippen LogP contribution in [0.25, 0.3) is 11.1 Å². The number of hydroxylamine groups is 2. The van der Waals surface area contributed by atoms with Gasteiger partial charge in [-0.3, -0.25) is 9.59 Å². The molecule has 2 aromatic carbocycles. The largest absolute Gasteiger partial charge is 0.373 e. The second kappa shape index (κ2) is 6.44. The van der Waals surface area contributed by atoms with Crippen LogP contribution in [0.4, 0.5) is 4.39 Å². The molecule has 3 aromatic rings. The molecule has 1 aromatic heterocycles. The summed E-state index contributed by atoms with van der Waals surface area (Å²) >= 11 is 1.17. The van der Waals surface area contributed by atoms with Crippen LogP contribution < -0.4 is 0 Å². The Bertz CT molecular complexity index is 1050. The molecule has 0 radical (unpaired) electrons. The average molecular weight is 381 g/mol. The van der Waals surface area contributed by atoms with Crippen LogP contribution in [0.2, 0.25) is 0 Å². The zero-order valence-corrected chi connectivity index (χ0v) is 14.9. The highest BCUT2D eigenvalue weighted by Gasteiger charge is 2.39. The van der Waals surface area contributed by atoms with Crippen molar-refractivity contribution < 1.29 is 23.6 Å². The van der Waals surface area contributed by atoms with Gasteiger partial charge in [-0.15, -0.1) is 11.3 Å². The molecule has 7 heteroatoms. The number of carbonyl (C=O) groups is 3. The van der Waals surface area contributed by atoms with Crippen LogP contribution in [0.1, 0.15) is 35.3 Å². The van der Waals surface area contributed by atoms with Gasteiger partial charge in [0.25, 0.3) is 11.8 Å². The van der Waals surface area contributed by atoms with Gasteiger partial charge in [0.05, 0.1) is 11.1 Å². The van der Waals surface area contributed by atoms with E-state index in [9.17, 15) is 18.8 Å². The lowest BCUT2D eigenvalue weighted by molar-refractivity contribution is -0.0581. The summed E-state index contributed by atoms with van der Waals surface area (Å²) < 4.78 is 13.1. The molecule has 1 aliphatic heterocycles. The predicted molar refractivity (Wildman–Crippen MR) is 96.8 cm³/mol. The number of hydrogen-bond donors (Lipinski definition) is 0. The van der Waals surface area contributed by atoms with Crippen molar-refractivity contribution in [3.8, 4) is 11.1 Å².